The van der Waals surface area contributed by atoms with Crippen LogP contribution in [0.2, 0.25) is 0 Å². The average molecular weight is 383 g/mol. The Morgan fingerprint density at radius 1 is 1.14 bits per heavy atom. The molecule has 2 heterocycles. The predicted octanol–water partition coefficient (Wildman–Crippen LogP) is 2.74. The smallest absolute Gasteiger partial charge is 0.237 e. The summed E-state index contributed by atoms with van der Waals surface area (Å²) in [5, 5.41) is 2.88. The van der Waals surface area contributed by atoms with Gasteiger partial charge < -0.3 is 19.7 Å². The predicted molar refractivity (Wildman–Crippen MR) is 105 cm³/mol. The molecule has 0 unspecified atom stereocenters. The average Bonchev–Trinajstić information content (AvgIpc) is 2.75. The number of likely N-dealkylation sites (tertiary alicyclic amines) is 1. The van der Waals surface area contributed by atoms with E-state index in [-0.39, 0.29) is 17.7 Å². The number of anilines is 1. The third kappa shape index (κ3) is 5.22. The maximum Gasteiger partial charge on any atom is 0.237 e. The Labute approximate surface area is 164 Å². The molecule has 0 radical (unpaired) electrons. The monoisotopic (exact) mass is 383 g/mol. The van der Waals surface area contributed by atoms with Gasteiger partial charge in [-0.05, 0) is 37.1 Å². The summed E-state index contributed by atoms with van der Waals surface area (Å²) in [5.41, 5.74) is 0.562. The lowest BCUT2D eigenvalue weighted by atomic mass is 9.95. The maximum absolute atomic E-state index is 12.5. The van der Waals surface area contributed by atoms with Gasteiger partial charge in [-0.2, -0.15) is 0 Å². The normalized spacial score (nSPS) is 14.4. The molecule has 148 valence electrons. The molecule has 1 aromatic heterocycles. The summed E-state index contributed by atoms with van der Waals surface area (Å²) in [6.45, 7) is 1.50. The van der Waals surface area contributed by atoms with Gasteiger partial charge in [-0.3, -0.25) is 9.59 Å². The first-order valence-corrected chi connectivity index (χ1v) is 9.43. The molecule has 1 aromatic carbocycles. The van der Waals surface area contributed by atoms with Gasteiger partial charge in [0.05, 0.1) is 20.1 Å². The summed E-state index contributed by atoms with van der Waals surface area (Å²) in [7, 11) is 1.52. The molecule has 28 heavy (non-hydrogen) atoms. The number of pyridine rings is 1. The van der Waals surface area contributed by atoms with E-state index in [0.29, 0.717) is 50.5 Å². The lowest BCUT2D eigenvalue weighted by Gasteiger charge is -2.31. The molecule has 1 N–H and O–H groups in total. The zero-order valence-electron chi connectivity index (χ0n) is 16.0. The highest BCUT2D eigenvalue weighted by atomic mass is 16.5. The highest BCUT2D eigenvalue weighted by Gasteiger charge is 2.27. The van der Waals surface area contributed by atoms with Crippen molar-refractivity contribution in [2.24, 2.45) is 5.92 Å². The minimum Gasteiger partial charge on any atom is -0.493 e. The number of ether oxygens (including phenoxy) is 2. The number of hydrogen-bond acceptors (Lipinski definition) is 5. The Balaban J connectivity index is 1.42. The van der Waals surface area contributed by atoms with E-state index in [0.717, 1.165) is 5.75 Å². The van der Waals surface area contributed by atoms with Crippen LogP contribution in [-0.4, -0.2) is 48.5 Å². The van der Waals surface area contributed by atoms with E-state index < -0.39 is 0 Å². The number of methoxy groups -OCH3 is 1. The van der Waals surface area contributed by atoms with Crippen LogP contribution in [0, 0.1) is 5.92 Å². The Bertz CT molecular complexity index is 789. The molecular weight excluding hydrogens is 358 g/mol. The van der Waals surface area contributed by atoms with Crippen molar-refractivity contribution >= 4 is 17.5 Å². The summed E-state index contributed by atoms with van der Waals surface area (Å²) in [5.74, 6) is 1.02. The molecule has 1 saturated heterocycles. The number of carbonyl (C=O) groups is 2. The minimum atomic E-state index is -0.130. The third-order valence-electron chi connectivity index (χ3n) is 4.77. The number of benzene rings is 1. The highest BCUT2D eigenvalue weighted by Crippen LogP contribution is 2.24. The number of nitrogens with zero attached hydrogens (tertiary/aromatic N) is 2. The number of rotatable bonds is 7. The van der Waals surface area contributed by atoms with E-state index in [4.69, 9.17) is 9.47 Å². The van der Waals surface area contributed by atoms with Gasteiger partial charge in [-0.15, -0.1) is 0 Å². The molecule has 2 aromatic rings. The fourth-order valence-electron chi connectivity index (χ4n) is 3.21. The van der Waals surface area contributed by atoms with E-state index in [1.807, 2.05) is 35.2 Å². The van der Waals surface area contributed by atoms with Crippen LogP contribution in [0.15, 0.2) is 48.7 Å². The first-order valence-electron chi connectivity index (χ1n) is 9.43. The zero-order chi connectivity index (χ0) is 19.8. The number of carbonyl (C=O) groups excluding carboxylic acids is 2. The lowest BCUT2D eigenvalue weighted by Crippen LogP contribution is -2.41. The standard InChI is InChI=1S/C21H25N3O4/c1-27-21-18(8-5-12-22-21)23-20(26)16-9-13-24(14-10-16)19(25)11-15-28-17-6-3-2-4-7-17/h2-8,12,16H,9-11,13-15H2,1H3,(H,23,26). The fourth-order valence-corrected chi connectivity index (χ4v) is 3.21. The molecule has 7 heteroatoms. The number of nitrogens with one attached hydrogen (secondary N) is 1. The van der Waals surface area contributed by atoms with E-state index in [2.05, 4.69) is 10.3 Å². The Kier molecular flexibility index (Phi) is 6.84. The molecule has 0 atom stereocenters. The Hall–Kier alpha value is -3.09. The van der Waals surface area contributed by atoms with E-state index in [1.54, 1.807) is 18.3 Å². The van der Waals surface area contributed by atoms with Gasteiger partial charge >= 0.3 is 0 Å². The summed E-state index contributed by atoms with van der Waals surface area (Å²) >= 11 is 0. The maximum atomic E-state index is 12.5. The van der Waals surface area contributed by atoms with Crippen molar-refractivity contribution in [3.8, 4) is 11.6 Å². The number of hydrogen-bond donors (Lipinski definition) is 1. The van der Waals surface area contributed by atoms with Crippen molar-refractivity contribution in [2.45, 2.75) is 19.3 Å². The first kappa shape index (κ1) is 19.7. The molecule has 0 aliphatic carbocycles. The fraction of sp³-hybridized carbons (Fsp3) is 0.381. The number of para-hydroxylation sites is 1. The van der Waals surface area contributed by atoms with Crippen LogP contribution < -0.4 is 14.8 Å². The SMILES string of the molecule is COc1ncccc1NC(=O)C1CCN(C(=O)CCOc2ccccc2)CC1. The van der Waals surface area contributed by atoms with Crippen LogP contribution in [0.5, 0.6) is 11.6 Å². The Morgan fingerprint density at radius 2 is 1.89 bits per heavy atom. The molecule has 0 saturated carbocycles. The van der Waals surface area contributed by atoms with Gasteiger partial charge in [0.15, 0.2) is 0 Å². The minimum absolute atomic E-state index is 0.0590. The molecule has 0 bridgehead atoms. The first-order chi connectivity index (χ1) is 13.7. The number of piperidine rings is 1. The summed E-state index contributed by atoms with van der Waals surface area (Å²) in [4.78, 5) is 30.8. The lowest BCUT2D eigenvalue weighted by molar-refractivity contribution is -0.135. The molecule has 1 fully saturated rings. The van der Waals surface area contributed by atoms with Gasteiger partial charge in [-0.25, -0.2) is 4.98 Å². The molecule has 1 aliphatic rings. The van der Waals surface area contributed by atoms with Gasteiger partial charge in [-0.1, -0.05) is 18.2 Å². The summed E-state index contributed by atoms with van der Waals surface area (Å²) < 4.78 is 10.7. The van der Waals surface area contributed by atoms with Gasteiger partial charge in [0.2, 0.25) is 17.7 Å². The zero-order valence-corrected chi connectivity index (χ0v) is 16.0. The molecule has 1 aliphatic heterocycles. The van der Waals surface area contributed by atoms with Crippen LogP contribution >= 0.6 is 0 Å². The second-order valence-corrected chi connectivity index (χ2v) is 6.62. The molecule has 0 spiro atoms. The van der Waals surface area contributed by atoms with Crippen molar-refractivity contribution in [1.29, 1.82) is 0 Å². The van der Waals surface area contributed by atoms with Crippen molar-refractivity contribution in [2.75, 3.05) is 32.1 Å². The van der Waals surface area contributed by atoms with Crippen molar-refractivity contribution in [1.82, 2.24) is 9.88 Å². The molecule has 3 rings (SSSR count). The second-order valence-electron chi connectivity index (χ2n) is 6.62. The van der Waals surface area contributed by atoms with Crippen LogP contribution in [-0.2, 0) is 9.59 Å². The van der Waals surface area contributed by atoms with Gasteiger partial charge in [0.1, 0.15) is 11.4 Å². The van der Waals surface area contributed by atoms with Gasteiger partial charge in [0.25, 0.3) is 0 Å². The van der Waals surface area contributed by atoms with Gasteiger partial charge in [0, 0.05) is 25.2 Å². The van der Waals surface area contributed by atoms with Crippen LogP contribution in [0.3, 0.4) is 0 Å². The van der Waals surface area contributed by atoms with Crippen molar-refractivity contribution in [3.05, 3.63) is 48.7 Å². The topological polar surface area (TPSA) is 80.8 Å². The van der Waals surface area contributed by atoms with E-state index in [9.17, 15) is 9.59 Å². The number of amides is 2. The molecular formula is C21H25N3O4. The van der Waals surface area contributed by atoms with Crippen molar-refractivity contribution in [3.63, 3.8) is 0 Å². The summed E-state index contributed by atoms with van der Waals surface area (Å²) in [6, 6.07) is 13.0. The number of aromatic nitrogens is 1. The Morgan fingerprint density at radius 3 is 2.61 bits per heavy atom. The van der Waals surface area contributed by atoms with Crippen molar-refractivity contribution < 1.29 is 19.1 Å². The largest absolute Gasteiger partial charge is 0.493 e. The second kappa shape index (κ2) is 9.73. The van der Waals surface area contributed by atoms with E-state index >= 15 is 0 Å². The summed E-state index contributed by atoms with van der Waals surface area (Å²) in [6.07, 6.45) is 3.22. The third-order valence-corrected chi connectivity index (χ3v) is 4.77. The van der Waals surface area contributed by atoms with Crippen LogP contribution in [0.1, 0.15) is 19.3 Å². The highest BCUT2D eigenvalue weighted by molar-refractivity contribution is 5.93. The van der Waals surface area contributed by atoms with Crippen LogP contribution in [0.25, 0.3) is 0 Å². The van der Waals surface area contributed by atoms with E-state index in [1.165, 1.54) is 7.11 Å². The molecule has 7 nitrogen and oxygen atoms in total. The van der Waals surface area contributed by atoms with Crippen LogP contribution in [0.4, 0.5) is 5.69 Å². The quantitative estimate of drug-likeness (QED) is 0.795. The molecule has 2 amide bonds.